The number of carbonyl (C=O) groups excluding carboxylic acids is 3. The second kappa shape index (κ2) is 42.2. The highest BCUT2D eigenvalue weighted by atomic mass is 32.2. The first kappa shape index (κ1) is 93.0. The van der Waals surface area contributed by atoms with Gasteiger partial charge >= 0.3 is 30.1 Å². The Bertz CT molecular complexity index is 5530. The van der Waals surface area contributed by atoms with E-state index in [9.17, 15) is 40.8 Å². The Hall–Kier alpha value is -11.2. The van der Waals surface area contributed by atoms with Crippen molar-refractivity contribution < 1.29 is 83.2 Å². The molecule has 0 aromatic heterocycles. The summed E-state index contributed by atoms with van der Waals surface area (Å²) in [5.41, 5.74) is 6.93. The van der Waals surface area contributed by atoms with E-state index in [0.717, 1.165) is 61.6 Å². The summed E-state index contributed by atoms with van der Waals surface area (Å²) in [6.45, 7) is 19.4. The normalized spacial score (nSPS) is 15.9. The van der Waals surface area contributed by atoms with Crippen LogP contribution in [0.2, 0.25) is 0 Å². The van der Waals surface area contributed by atoms with Crippen molar-refractivity contribution in [2.45, 2.75) is 183 Å². The number of aliphatic carboxylic acids is 1. The van der Waals surface area contributed by atoms with Crippen molar-refractivity contribution in [3.05, 3.63) is 336 Å². The van der Waals surface area contributed by atoms with Crippen LogP contribution >= 0.6 is 0 Å². The van der Waals surface area contributed by atoms with E-state index < -0.39 is 70.5 Å². The molecule has 15 nitrogen and oxygen atoms in total. The van der Waals surface area contributed by atoms with Crippen LogP contribution in [0.4, 0.5) is 13.2 Å². The summed E-state index contributed by atoms with van der Waals surface area (Å²) < 4.78 is 105. The third-order valence-electron chi connectivity index (χ3n) is 20.6. The second-order valence-corrected chi connectivity index (χ2v) is 41.4. The highest BCUT2D eigenvalue weighted by Gasteiger charge is 2.70. The molecule has 4 atom stereocenters. The molecule has 23 heteroatoms. The number of benzene rings is 12. The Morgan fingerprint density at radius 2 is 0.640 bits per heavy atom. The minimum absolute atomic E-state index is 0.0959. The quantitative estimate of drug-likeness (QED) is 0.0221. The van der Waals surface area contributed by atoms with E-state index in [-0.39, 0.29) is 81.2 Å². The molecule has 1 N–H and O–H groups in total. The monoisotopic (exact) mass is 1780 g/mol. The molecule has 15 rings (SSSR count). The lowest BCUT2D eigenvalue weighted by molar-refractivity contribution is -0.205. The van der Waals surface area contributed by atoms with Crippen LogP contribution in [-0.4, -0.2) is 93.3 Å². The molecule has 3 aliphatic rings. The Morgan fingerprint density at radius 3 is 0.888 bits per heavy atom. The van der Waals surface area contributed by atoms with Gasteiger partial charge in [0.15, 0.2) is 85.2 Å². The van der Waals surface area contributed by atoms with Gasteiger partial charge in [0.1, 0.15) is 35.2 Å². The third-order valence-corrected chi connectivity index (χ3v) is 31.1. The highest BCUT2D eigenvalue weighted by molar-refractivity contribution is 7.98. The molecule has 0 radical (unpaired) electrons. The maximum Gasteiger partial charge on any atom is 0.392 e. The van der Waals surface area contributed by atoms with Gasteiger partial charge in [0.25, 0.3) is 10.1 Å². The van der Waals surface area contributed by atoms with Crippen molar-refractivity contribution >= 4 is 77.6 Å². The van der Waals surface area contributed by atoms with Crippen molar-refractivity contribution in [3.8, 4) is 23.0 Å². The van der Waals surface area contributed by atoms with Crippen molar-refractivity contribution in [2.75, 3.05) is 33.0 Å². The molecular formula is C102H103F3O15S5+4. The maximum atomic E-state index is 12.8. The van der Waals surface area contributed by atoms with Crippen LogP contribution in [-0.2, 0) is 91.3 Å². The number of halogens is 3. The van der Waals surface area contributed by atoms with Crippen molar-refractivity contribution in [1.29, 1.82) is 0 Å². The number of carboxylic acid groups (broad SMARTS) is 1. The Labute approximate surface area is 742 Å². The van der Waals surface area contributed by atoms with Gasteiger partial charge in [-0.15, -0.1) is 0 Å². The molecule has 2 bridgehead atoms. The van der Waals surface area contributed by atoms with E-state index >= 15 is 0 Å². The first-order valence-corrected chi connectivity index (χ1v) is 47.3. The van der Waals surface area contributed by atoms with Crippen LogP contribution in [0.3, 0.4) is 0 Å². The number of alkyl halides is 3. The second-order valence-electron chi connectivity index (χ2n) is 31.5. The van der Waals surface area contributed by atoms with Crippen molar-refractivity contribution in [2.24, 2.45) is 11.8 Å². The number of aryl methyl sites for hydroxylation is 8. The standard InChI is InChI=1S/C29H29O6S2.C26H29O3S.C25H24F3O3S.C22H20O3S/c1-19-13-24(36(22-9-5-3-6-10-22)23-11-7-4-8-12-23)14-20(2)28(19)33-18-27(30)34-29-17-21-15-25(29)26(16-21)37(31,32)35-29;1-19-16-23(17-20(2)25(19)28-18-24(27)29-26(3,4)5)30(21-12-8-6-9-13-21)22-14-10-7-11-15-22;1-18-15-22(32(20-9-5-3-6-10-20)21-11-7-4-8-12-21)16-19(2)24(18)31-17-23(29)30-14-13-25(26,27)28;1-16-13-20(14-17(2)22(16)25-15-21(23)24)26(18-9-5-3-6-10-18)19-11-7-4-8-12-19/h3-14,21,25-26H,15-18H2,1-2H3;6-17H,18H2,1-5H3;3-12,15-16H,13-14,17H2,1-2H3;3-14H,15H2,1-2H3/q3*+1;/p+1. The van der Waals surface area contributed by atoms with Crippen molar-refractivity contribution in [1.82, 2.24) is 0 Å². The van der Waals surface area contributed by atoms with Crippen LogP contribution < -0.4 is 18.9 Å². The molecule has 1 aliphatic heterocycles. The fourth-order valence-corrected chi connectivity index (χ4v) is 26.7. The summed E-state index contributed by atoms with van der Waals surface area (Å²) in [6.07, 6.45) is -3.78. The summed E-state index contributed by atoms with van der Waals surface area (Å²) >= 11 is 0. The van der Waals surface area contributed by atoms with Gasteiger partial charge < -0.3 is 38.3 Å². The van der Waals surface area contributed by atoms with Gasteiger partial charge in [-0.1, -0.05) is 146 Å². The lowest BCUT2D eigenvalue weighted by atomic mass is 9.94. The summed E-state index contributed by atoms with van der Waals surface area (Å²) in [5, 5.41) is 8.32. The molecule has 1 heterocycles. The molecule has 4 unspecified atom stereocenters. The zero-order valence-electron chi connectivity index (χ0n) is 71.6. The molecule has 0 amide bonds. The van der Waals surface area contributed by atoms with E-state index in [0.29, 0.717) is 30.1 Å². The van der Waals surface area contributed by atoms with E-state index in [1.165, 1.54) is 53.9 Å². The maximum absolute atomic E-state index is 12.8. The van der Waals surface area contributed by atoms with Gasteiger partial charge in [-0.3, -0.25) is 0 Å². The Kier molecular flexibility index (Phi) is 31.4. The van der Waals surface area contributed by atoms with Gasteiger partial charge in [0, 0.05) is 60.9 Å². The number of rotatable bonds is 27. The number of hydrogen-bond donors (Lipinski definition) is 1. The van der Waals surface area contributed by atoms with E-state index in [4.69, 9.17) is 37.7 Å². The number of carbonyl (C=O) groups is 4. The minimum Gasteiger partial charge on any atom is -0.481 e. The van der Waals surface area contributed by atoms with Crippen LogP contribution in [0, 0.1) is 67.2 Å². The van der Waals surface area contributed by atoms with Gasteiger partial charge in [0.05, 0.1) is 55.3 Å². The number of fused-ring (bicyclic) bond motifs is 1. The Morgan fingerprint density at radius 1 is 0.384 bits per heavy atom. The van der Waals surface area contributed by atoms with Gasteiger partial charge in [-0.2, -0.15) is 21.6 Å². The predicted molar refractivity (Wildman–Crippen MR) is 484 cm³/mol. The fraction of sp³-hybridized carbons (Fsp3) is 0.255. The Balaban J connectivity index is 0.000000153. The van der Waals surface area contributed by atoms with E-state index in [2.05, 4.69) is 211 Å². The molecule has 2 aliphatic carbocycles. The smallest absolute Gasteiger partial charge is 0.392 e. The predicted octanol–water partition coefficient (Wildman–Crippen LogP) is 22.4. The number of esters is 3. The molecule has 648 valence electrons. The van der Waals surface area contributed by atoms with Crippen LogP contribution in [0.25, 0.3) is 0 Å². The van der Waals surface area contributed by atoms with Crippen LogP contribution in [0.1, 0.15) is 91.0 Å². The molecule has 0 spiro atoms. The zero-order valence-corrected chi connectivity index (χ0v) is 75.7. The van der Waals surface area contributed by atoms with Crippen molar-refractivity contribution in [3.63, 3.8) is 0 Å². The molecule has 125 heavy (non-hydrogen) atoms. The van der Waals surface area contributed by atoms with Gasteiger partial charge in [0.2, 0.25) is 5.79 Å². The summed E-state index contributed by atoms with van der Waals surface area (Å²) in [7, 11) is -4.75. The van der Waals surface area contributed by atoms with E-state index in [1.807, 2.05) is 161 Å². The molecule has 12 aromatic rings. The van der Waals surface area contributed by atoms with Gasteiger partial charge in [-0.25, -0.2) is 23.4 Å². The average Bonchev–Trinajstić information content (AvgIpc) is 1.54. The highest BCUT2D eigenvalue weighted by Crippen LogP contribution is 2.61. The zero-order chi connectivity index (χ0) is 89.2. The number of ether oxygens (including phenoxy) is 7. The average molecular weight is 1790 g/mol. The minimum atomic E-state index is -4.36. The first-order chi connectivity index (χ1) is 59.8. The van der Waals surface area contributed by atoms with Crippen LogP contribution in [0.5, 0.6) is 23.0 Å². The summed E-state index contributed by atoms with van der Waals surface area (Å²) in [5.74, 6) is -1.61. The molecule has 12 aromatic carbocycles. The summed E-state index contributed by atoms with van der Waals surface area (Å²) in [6, 6.07) is 100. The topological polar surface area (TPSA) is 196 Å². The molecule has 1 saturated heterocycles. The van der Waals surface area contributed by atoms with E-state index in [1.54, 1.807) is 0 Å². The summed E-state index contributed by atoms with van der Waals surface area (Å²) in [4.78, 5) is 61.9. The largest absolute Gasteiger partial charge is 0.481 e. The van der Waals surface area contributed by atoms with Crippen LogP contribution in [0.15, 0.2) is 350 Å². The number of hydrogen-bond acceptors (Lipinski definition) is 14. The third kappa shape index (κ3) is 24.7. The lowest BCUT2D eigenvalue weighted by Crippen LogP contribution is -2.41. The number of carboxylic acids is 1. The lowest BCUT2D eigenvalue weighted by Gasteiger charge is -2.29. The first-order valence-electron chi connectivity index (χ1n) is 41.0. The van der Waals surface area contributed by atoms with Gasteiger partial charge in [-0.05, 0) is 236 Å². The molecule has 2 saturated carbocycles. The fourth-order valence-electron chi connectivity index (χ4n) is 15.6. The molecule has 3 fully saturated rings. The SMILES string of the molecule is Cc1cc([S+](c2ccccc2)c2ccccc2)cc(C)c1OCC(=O)O.Cc1cc([S+](c2ccccc2)c2ccccc2)cc(C)c1OCC(=O)OC(C)(C)C.Cc1cc([S+](c2ccccc2)c2ccccc2)cc(C)c1OCC(=O)OC12CC3CC1C(C3)S(=O)(=O)O2.Cc1cc([S+](c2ccccc2)c2ccccc2)cc(C)c1OCC(=O)OCCC(F)(F)F. The molecular weight excluding hydrogens is 1680 g/mol.